The molecule has 0 bridgehead atoms. The molecule has 1 aromatic carbocycles. The molecule has 0 aliphatic heterocycles. The summed E-state index contributed by atoms with van der Waals surface area (Å²) < 4.78 is 5.67. The summed E-state index contributed by atoms with van der Waals surface area (Å²) >= 11 is 0. The second kappa shape index (κ2) is 5.29. The quantitative estimate of drug-likeness (QED) is 0.818. The van der Waals surface area contributed by atoms with Crippen molar-refractivity contribution in [2.24, 2.45) is 0 Å². The van der Waals surface area contributed by atoms with Crippen LogP contribution in [0.5, 0.6) is 0 Å². The summed E-state index contributed by atoms with van der Waals surface area (Å²) in [5.41, 5.74) is 1.30. The van der Waals surface area contributed by atoms with Crippen molar-refractivity contribution in [2.75, 3.05) is 6.61 Å². The van der Waals surface area contributed by atoms with Crippen LogP contribution in [0.3, 0.4) is 0 Å². The number of hydrogen-bond acceptors (Lipinski definition) is 2. The van der Waals surface area contributed by atoms with Crippen LogP contribution in [0.4, 0.5) is 0 Å². The summed E-state index contributed by atoms with van der Waals surface area (Å²) in [5, 5.41) is 9.56. The molecular weight excluding hydrogens is 188 g/mol. The van der Waals surface area contributed by atoms with E-state index in [-0.39, 0.29) is 12.2 Å². The lowest BCUT2D eigenvalue weighted by Gasteiger charge is -2.15. The molecule has 82 valence electrons. The molecule has 2 rings (SSSR count). The van der Waals surface area contributed by atoms with Gasteiger partial charge in [0.2, 0.25) is 0 Å². The van der Waals surface area contributed by atoms with Crippen LogP contribution in [-0.4, -0.2) is 23.9 Å². The third-order valence-electron chi connectivity index (χ3n) is 2.98. The summed E-state index contributed by atoms with van der Waals surface area (Å²) in [6.45, 7) is 0.714. The van der Waals surface area contributed by atoms with Gasteiger partial charge < -0.3 is 9.84 Å². The Hall–Kier alpha value is -0.860. The largest absolute Gasteiger partial charge is 0.390 e. The zero-order valence-electron chi connectivity index (χ0n) is 8.93. The second-order valence-corrected chi connectivity index (χ2v) is 4.14. The van der Waals surface area contributed by atoms with Crippen LogP contribution in [0, 0.1) is 0 Å². The van der Waals surface area contributed by atoms with E-state index >= 15 is 0 Å². The van der Waals surface area contributed by atoms with Crippen molar-refractivity contribution in [3.05, 3.63) is 35.9 Å². The molecule has 1 aromatic rings. The molecule has 2 unspecified atom stereocenters. The van der Waals surface area contributed by atoms with Gasteiger partial charge in [-0.25, -0.2) is 0 Å². The average Bonchev–Trinajstić information content (AvgIpc) is 2.66. The number of ether oxygens (including phenoxy) is 1. The van der Waals surface area contributed by atoms with E-state index in [2.05, 4.69) is 12.1 Å². The Morgan fingerprint density at radius 2 is 2.00 bits per heavy atom. The number of rotatable bonds is 4. The second-order valence-electron chi connectivity index (χ2n) is 4.14. The summed E-state index contributed by atoms with van der Waals surface area (Å²) in [4.78, 5) is 0. The average molecular weight is 206 g/mol. The van der Waals surface area contributed by atoms with E-state index in [4.69, 9.17) is 4.74 Å². The molecule has 2 heteroatoms. The smallest absolute Gasteiger partial charge is 0.0834 e. The molecule has 1 aliphatic rings. The van der Waals surface area contributed by atoms with Gasteiger partial charge in [0.1, 0.15) is 0 Å². The fraction of sp³-hybridized carbons (Fsp3) is 0.538. The third-order valence-corrected chi connectivity index (χ3v) is 2.98. The molecule has 15 heavy (non-hydrogen) atoms. The minimum atomic E-state index is -0.235. The number of benzene rings is 1. The fourth-order valence-corrected chi connectivity index (χ4v) is 2.07. The van der Waals surface area contributed by atoms with Crippen molar-refractivity contribution in [1.82, 2.24) is 0 Å². The highest BCUT2D eigenvalue weighted by molar-refractivity contribution is 5.14. The molecule has 1 N–H and O–H groups in total. The minimum Gasteiger partial charge on any atom is -0.390 e. The van der Waals surface area contributed by atoms with Crippen LogP contribution >= 0.6 is 0 Å². The highest BCUT2D eigenvalue weighted by Crippen LogP contribution is 2.21. The lowest BCUT2D eigenvalue weighted by molar-refractivity contribution is -0.0171. The zero-order chi connectivity index (χ0) is 10.5. The van der Waals surface area contributed by atoms with Gasteiger partial charge >= 0.3 is 0 Å². The number of hydrogen-bond donors (Lipinski definition) is 1. The Bertz CT molecular complexity index is 284. The Balaban J connectivity index is 1.71. The van der Waals surface area contributed by atoms with Gasteiger partial charge in [-0.2, -0.15) is 0 Å². The van der Waals surface area contributed by atoms with Crippen molar-refractivity contribution in [1.29, 1.82) is 0 Å². The third kappa shape index (κ3) is 3.05. The highest BCUT2D eigenvalue weighted by Gasteiger charge is 2.25. The first-order chi connectivity index (χ1) is 7.36. The Kier molecular flexibility index (Phi) is 3.75. The first-order valence-electron chi connectivity index (χ1n) is 5.70. The van der Waals surface area contributed by atoms with Crippen molar-refractivity contribution in [2.45, 2.75) is 37.9 Å². The van der Waals surface area contributed by atoms with Crippen molar-refractivity contribution < 1.29 is 9.84 Å². The van der Waals surface area contributed by atoms with Gasteiger partial charge in [0.25, 0.3) is 0 Å². The molecule has 2 atom stereocenters. The Morgan fingerprint density at radius 1 is 1.20 bits per heavy atom. The maximum Gasteiger partial charge on any atom is 0.0834 e. The number of aliphatic hydroxyl groups is 1. The van der Waals surface area contributed by atoms with Crippen LogP contribution in [-0.2, 0) is 11.2 Å². The molecule has 0 aromatic heterocycles. The predicted molar refractivity (Wildman–Crippen MR) is 59.7 cm³/mol. The van der Waals surface area contributed by atoms with E-state index in [1.54, 1.807) is 0 Å². The van der Waals surface area contributed by atoms with E-state index in [1.807, 2.05) is 18.2 Å². The van der Waals surface area contributed by atoms with Gasteiger partial charge in [-0.05, 0) is 31.2 Å². The van der Waals surface area contributed by atoms with Crippen LogP contribution < -0.4 is 0 Å². The van der Waals surface area contributed by atoms with Crippen LogP contribution in [0.25, 0.3) is 0 Å². The summed E-state index contributed by atoms with van der Waals surface area (Å²) in [6.07, 6.45) is 3.78. The molecule has 0 spiro atoms. The van der Waals surface area contributed by atoms with Crippen molar-refractivity contribution >= 4 is 0 Å². The first-order valence-corrected chi connectivity index (χ1v) is 5.70. The van der Waals surface area contributed by atoms with Gasteiger partial charge in [-0.1, -0.05) is 30.3 Å². The predicted octanol–water partition coefficient (Wildman–Crippen LogP) is 2.16. The monoisotopic (exact) mass is 206 g/mol. The van der Waals surface area contributed by atoms with E-state index in [0.29, 0.717) is 6.61 Å². The fourth-order valence-electron chi connectivity index (χ4n) is 2.07. The molecule has 0 heterocycles. The standard InChI is InChI=1S/C13H18O2/c14-12-7-4-8-13(12)15-10-9-11-5-2-1-3-6-11/h1-3,5-6,12-14H,4,7-10H2. The molecule has 2 nitrogen and oxygen atoms in total. The van der Waals surface area contributed by atoms with Gasteiger partial charge in [-0.15, -0.1) is 0 Å². The van der Waals surface area contributed by atoms with Gasteiger partial charge in [0, 0.05) is 0 Å². The SMILES string of the molecule is OC1CCCC1OCCc1ccccc1. The minimum absolute atomic E-state index is 0.0775. The maximum atomic E-state index is 9.56. The van der Waals surface area contributed by atoms with E-state index in [9.17, 15) is 5.11 Å². The van der Waals surface area contributed by atoms with Crippen molar-refractivity contribution in [3.63, 3.8) is 0 Å². The number of aliphatic hydroxyl groups excluding tert-OH is 1. The van der Waals surface area contributed by atoms with Gasteiger partial charge in [-0.3, -0.25) is 0 Å². The normalized spacial score (nSPS) is 25.7. The molecule has 0 saturated heterocycles. The lowest BCUT2D eigenvalue weighted by atomic mass is 10.2. The lowest BCUT2D eigenvalue weighted by Crippen LogP contribution is -2.23. The molecule has 1 fully saturated rings. The zero-order valence-corrected chi connectivity index (χ0v) is 8.93. The van der Waals surface area contributed by atoms with Gasteiger partial charge in [0.05, 0.1) is 18.8 Å². The van der Waals surface area contributed by atoms with Crippen LogP contribution in [0.15, 0.2) is 30.3 Å². The van der Waals surface area contributed by atoms with E-state index in [0.717, 1.165) is 25.7 Å². The Morgan fingerprint density at radius 3 is 2.67 bits per heavy atom. The molecular formula is C13H18O2. The molecule has 0 amide bonds. The van der Waals surface area contributed by atoms with Crippen LogP contribution in [0.1, 0.15) is 24.8 Å². The summed E-state index contributed by atoms with van der Waals surface area (Å²) in [7, 11) is 0. The summed E-state index contributed by atoms with van der Waals surface area (Å²) in [6, 6.07) is 10.3. The van der Waals surface area contributed by atoms with E-state index < -0.39 is 0 Å². The van der Waals surface area contributed by atoms with E-state index in [1.165, 1.54) is 5.56 Å². The van der Waals surface area contributed by atoms with Gasteiger partial charge in [0.15, 0.2) is 0 Å². The molecule has 1 saturated carbocycles. The highest BCUT2D eigenvalue weighted by atomic mass is 16.5. The van der Waals surface area contributed by atoms with Crippen LogP contribution in [0.2, 0.25) is 0 Å². The first kappa shape index (κ1) is 10.7. The maximum absolute atomic E-state index is 9.56. The summed E-state index contributed by atoms with van der Waals surface area (Å²) in [5.74, 6) is 0. The Labute approximate surface area is 90.9 Å². The topological polar surface area (TPSA) is 29.5 Å². The van der Waals surface area contributed by atoms with Crippen molar-refractivity contribution in [3.8, 4) is 0 Å². The molecule has 1 aliphatic carbocycles. The molecule has 0 radical (unpaired) electrons.